The Morgan fingerprint density at radius 2 is 2.24 bits per heavy atom. The van der Waals surface area contributed by atoms with Crippen LogP contribution in [0.5, 0.6) is 0 Å². The molecule has 4 nitrogen and oxygen atoms in total. The van der Waals surface area contributed by atoms with E-state index < -0.39 is 0 Å². The summed E-state index contributed by atoms with van der Waals surface area (Å²) >= 11 is 0. The smallest absolute Gasteiger partial charge is 0.223 e. The van der Waals surface area contributed by atoms with Crippen molar-refractivity contribution in [2.45, 2.75) is 32.8 Å². The van der Waals surface area contributed by atoms with Crippen molar-refractivity contribution in [3.63, 3.8) is 0 Å². The normalized spacial score (nSPS) is 26.2. The molecule has 0 bridgehead atoms. The summed E-state index contributed by atoms with van der Waals surface area (Å²) in [5.74, 6) is 1.20. The molecule has 0 unspecified atom stereocenters. The molecule has 1 heterocycles. The van der Waals surface area contributed by atoms with Gasteiger partial charge in [-0.1, -0.05) is 13.8 Å². The predicted molar refractivity (Wildman–Crippen MR) is 66.8 cm³/mol. The van der Waals surface area contributed by atoms with Crippen LogP contribution in [-0.4, -0.2) is 49.7 Å². The standard InChI is InChI=1S/C13H24N2O2/c1-10(2)8-15-5-6-17-12(9-15)7-14-13(16)11-3-4-11/h10-12H,3-9H2,1-2H3,(H,14,16)/t12-/m1/s1. The van der Waals surface area contributed by atoms with Crippen LogP contribution in [0.4, 0.5) is 0 Å². The van der Waals surface area contributed by atoms with E-state index in [1.54, 1.807) is 0 Å². The Hall–Kier alpha value is -0.610. The Morgan fingerprint density at radius 1 is 1.47 bits per heavy atom. The average Bonchev–Trinajstić information content (AvgIpc) is 3.09. The van der Waals surface area contributed by atoms with Crippen LogP contribution < -0.4 is 5.32 Å². The van der Waals surface area contributed by atoms with Crippen LogP contribution in [-0.2, 0) is 9.53 Å². The van der Waals surface area contributed by atoms with Gasteiger partial charge in [-0.25, -0.2) is 0 Å². The molecule has 17 heavy (non-hydrogen) atoms. The predicted octanol–water partition coefficient (Wildman–Crippen LogP) is 0.869. The second kappa shape index (κ2) is 5.83. The summed E-state index contributed by atoms with van der Waals surface area (Å²) in [7, 11) is 0. The number of ether oxygens (including phenoxy) is 1. The minimum absolute atomic E-state index is 0.171. The van der Waals surface area contributed by atoms with Crippen molar-refractivity contribution in [2.75, 3.05) is 32.8 Å². The van der Waals surface area contributed by atoms with Gasteiger partial charge in [-0.15, -0.1) is 0 Å². The van der Waals surface area contributed by atoms with Crippen LogP contribution in [0.3, 0.4) is 0 Å². The van der Waals surface area contributed by atoms with Crippen LogP contribution in [0.15, 0.2) is 0 Å². The number of nitrogens with one attached hydrogen (secondary N) is 1. The van der Waals surface area contributed by atoms with E-state index in [1.165, 1.54) is 0 Å². The maximum Gasteiger partial charge on any atom is 0.223 e. The third kappa shape index (κ3) is 4.28. The molecule has 0 aromatic heterocycles. The number of amides is 1. The van der Waals surface area contributed by atoms with E-state index in [0.717, 1.165) is 39.1 Å². The molecule has 1 saturated heterocycles. The number of carbonyl (C=O) groups excluding carboxylic acids is 1. The van der Waals surface area contributed by atoms with Crippen molar-refractivity contribution in [1.82, 2.24) is 10.2 Å². The second-order valence-electron chi connectivity index (χ2n) is 5.67. The zero-order valence-corrected chi connectivity index (χ0v) is 10.9. The number of rotatable bonds is 5. The van der Waals surface area contributed by atoms with Gasteiger partial charge in [0.15, 0.2) is 0 Å². The van der Waals surface area contributed by atoms with Crippen LogP contribution in [0.1, 0.15) is 26.7 Å². The molecule has 1 atom stereocenters. The molecule has 1 N–H and O–H groups in total. The summed E-state index contributed by atoms with van der Waals surface area (Å²) in [6.45, 7) is 9.02. The fraction of sp³-hybridized carbons (Fsp3) is 0.923. The minimum atomic E-state index is 0.171. The first-order valence-corrected chi connectivity index (χ1v) is 6.77. The highest BCUT2D eigenvalue weighted by Gasteiger charge is 2.30. The van der Waals surface area contributed by atoms with Crippen molar-refractivity contribution < 1.29 is 9.53 Å². The molecule has 1 saturated carbocycles. The Morgan fingerprint density at radius 3 is 2.88 bits per heavy atom. The molecule has 0 aromatic carbocycles. The lowest BCUT2D eigenvalue weighted by Crippen LogP contribution is -2.48. The van der Waals surface area contributed by atoms with Gasteiger partial charge in [-0.05, 0) is 18.8 Å². The van der Waals surface area contributed by atoms with E-state index >= 15 is 0 Å². The maximum absolute atomic E-state index is 11.5. The lowest BCUT2D eigenvalue weighted by Gasteiger charge is -2.33. The van der Waals surface area contributed by atoms with E-state index in [2.05, 4.69) is 24.1 Å². The molecule has 98 valence electrons. The van der Waals surface area contributed by atoms with Gasteiger partial charge in [0.25, 0.3) is 0 Å². The molecule has 2 rings (SSSR count). The minimum Gasteiger partial charge on any atom is -0.374 e. The van der Waals surface area contributed by atoms with Gasteiger partial charge >= 0.3 is 0 Å². The fourth-order valence-electron chi connectivity index (χ4n) is 2.29. The number of nitrogens with zero attached hydrogens (tertiary/aromatic N) is 1. The Bertz CT molecular complexity index is 264. The summed E-state index contributed by atoms with van der Waals surface area (Å²) in [6, 6.07) is 0. The largest absolute Gasteiger partial charge is 0.374 e. The SMILES string of the molecule is CC(C)CN1CCO[C@H](CNC(=O)C2CC2)C1. The first-order chi connectivity index (χ1) is 8.15. The van der Waals surface area contributed by atoms with Gasteiger partial charge < -0.3 is 10.1 Å². The van der Waals surface area contributed by atoms with E-state index in [0.29, 0.717) is 18.4 Å². The number of hydrogen-bond acceptors (Lipinski definition) is 3. The Balaban J connectivity index is 1.67. The second-order valence-corrected chi connectivity index (χ2v) is 5.67. The molecule has 4 heteroatoms. The molecule has 0 radical (unpaired) electrons. The molecular formula is C13H24N2O2. The maximum atomic E-state index is 11.5. The molecule has 2 aliphatic rings. The summed E-state index contributed by atoms with van der Waals surface area (Å²) in [5, 5.41) is 3.00. The summed E-state index contributed by atoms with van der Waals surface area (Å²) < 4.78 is 5.68. The van der Waals surface area contributed by atoms with Gasteiger partial charge in [0.2, 0.25) is 5.91 Å². The number of carbonyl (C=O) groups is 1. The lowest BCUT2D eigenvalue weighted by atomic mass is 10.2. The van der Waals surface area contributed by atoms with Crippen molar-refractivity contribution in [3.05, 3.63) is 0 Å². The quantitative estimate of drug-likeness (QED) is 0.775. The third-order valence-electron chi connectivity index (χ3n) is 3.30. The highest BCUT2D eigenvalue weighted by atomic mass is 16.5. The Labute approximate surface area is 104 Å². The monoisotopic (exact) mass is 240 g/mol. The zero-order chi connectivity index (χ0) is 12.3. The topological polar surface area (TPSA) is 41.6 Å². The van der Waals surface area contributed by atoms with E-state index in [9.17, 15) is 4.79 Å². The third-order valence-corrected chi connectivity index (χ3v) is 3.30. The molecule has 1 amide bonds. The van der Waals surface area contributed by atoms with Crippen molar-refractivity contribution in [2.24, 2.45) is 11.8 Å². The van der Waals surface area contributed by atoms with Crippen LogP contribution in [0.25, 0.3) is 0 Å². The van der Waals surface area contributed by atoms with Crippen LogP contribution in [0.2, 0.25) is 0 Å². The van der Waals surface area contributed by atoms with Gasteiger partial charge in [0.1, 0.15) is 0 Å². The zero-order valence-electron chi connectivity index (χ0n) is 10.9. The van der Waals surface area contributed by atoms with Gasteiger partial charge in [-0.2, -0.15) is 0 Å². The number of morpholine rings is 1. The van der Waals surface area contributed by atoms with Crippen molar-refractivity contribution >= 4 is 5.91 Å². The van der Waals surface area contributed by atoms with Crippen LogP contribution in [0, 0.1) is 11.8 Å². The van der Waals surface area contributed by atoms with Crippen molar-refractivity contribution in [3.8, 4) is 0 Å². The molecular weight excluding hydrogens is 216 g/mol. The highest BCUT2D eigenvalue weighted by molar-refractivity contribution is 5.80. The van der Waals surface area contributed by atoms with Gasteiger partial charge in [0, 0.05) is 32.1 Å². The van der Waals surface area contributed by atoms with Gasteiger partial charge in [-0.3, -0.25) is 9.69 Å². The van der Waals surface area contributed by atoms with E-state index in [4.69, 9.17) is 4.74 Å². The average molecular weight is 240 g/mol. The molecule has 2 fully saturated rings. The summed E-state index contributed by atoms with van der Waals surface area (Å²) in [4.78, 5) is 14.0. The van der Waals surface area contributed by atoms with Gasteiger partial charge in [0.05, 0.1) is 12.7 Å². The highest BCUT2D eigenvalue weighted by Crippen LogP contribution is 2.28. The molecule has 0 spiro atoms. The van der Waals surface area contributed by atoms with Crippen LogP contribution >= 0.6 is 0 Å². The van der Waals surface area contributed by atoms with E-state index in [-0.39, 0.29) is 12.0 Å². The molecule has 1 aliphatic carbocycles. The first kappa shape index (κ1) is 12.8. The molecule has 1 aliphatic heterocycles. The first-order valence-electron chi connectivity index (χ1n) is 6.77. The number of hydrogen-bond donors (Lipinski definition) is 1. The Kier molecular flexibility index (Phi) is 4.40. The summed E-state index contributed by atoms with van der Waals surface area (Å²) in [5.41, 5.74) is 0. The molecule has 0 aromatic rings. The fourth-order valence-corrected chi connectivity index (χ4v) is 2.29. The summed E-state index contributed by atoms with van der Waals surface area (Å²) in [6.07, 6.45) is 2.30. The lowest BCUT2D eigenvalue weighted by molar-refractivity contribution is -0.123. The van der Waals surface area contributed by atoms with Crippen molar-refractivity contribution in [1.29, 1.82) is 0 Å². The van der Waals surface area contributed by atoms with E-state index in [1.807, 2.05) is 0 Å².